The molecule has 1 aromatic heterocycles. The molecule has 1 heterocycles. The number of hydrogen-bond donors (Lipinski definition) is 2. The van der Waals surface area contributed by atoms with E-state index < -0.39 is 15.9 Å². The molecule has 0 atom stereocenters. The molecule has 2 aromatic carbocycles. The van der Waals surface area contributed by atoms with Gasteiger partial charge in [-0.15, -0.1) is 0 Å². The molecule has 164 valence electrons. The number of nitrogens with zero attached hydrogens (tertiary/aromatic N) is 3. The van der Waals surface area contributed by atoms with Crippen LogP contribution < -0.4 is 5.32 Å². The number of aromatic nitrogens is 3. The zero-order valence-corrected chi connectivity index (χ0v) is 20.1. The van der Waals surface area contributed by atoms with Crippen LogP contribution in [0.25, 0.3) is 0 Å². The number of amides is 1. The second kappa shape index (κ2) is 11.1. The number of halogens is 2. The van der Waals surface area contributed by atoms with Crippen molar-refractivity contribution in [2.24, 2.45) is 0 Å². The number of aromatic amines is 1. The molecule has 12 heteroatoms. The first-order valence-electron chi connectivity index (χ1n) is 9.09. The van der Waals surface area contributed by atoms with Crippen molar-refractivity contribution in [1.82, 2.24) is 24.8 Å². The van der Waals surface area contributed by atoms with E-state index in [1.54, 1.807) is 36.4 Å². The van der Waals surface area contributed by atoms with Crippen LogP contribution in [0.1, 0.15) is 5.56 Å². The maximum Gasteiger partial charge on any atom is 0.243 e. The Morgan fingerprint density at radius 2 is 1.87 bits per heavy atom. The molecule has 0 saturated heterocycles. The van der Waals surface area contributed by atoms with Crippen LogP contribution in [0.5, 0.6) is 0 Å². The molecule has 0 unspecified atom stereocenters. The van der Waals surface area contributed by atoms with Crippen molar-refractivity contribution in [3.63, 3.8) is 0 Å². The molecule has 0 aliphatic rings. The van der Waals surface area contributed by atoms with Crippen molar-refractivity contribution in [2.75, 3.05) is 18.8 Å². The van der Waals surface area contributed by atoms with Crippen LogP contribution in [0.15, 0.2) is 69.4 Å². The molecule has 0 aliphatic heterocycles. The zero-order chi connectivity index (χ0) is 22.3. The summed E-state index contributed by atoms with van der Waals surface area (Å²) in [6, 6.07) is 13.1. The minimum Gasteiger partial charge on any atom is -0.354 e. The summed E-state index contributed by atoms with van der Waals surface area (Å²) < 4.78 is 28.3. The van der Waals surface area contributed by atoms with Crippen LogP contribution in [-0.4, -0.2) is 52.7 Å². The van der Waals surface area contributed by atoms with Crippen LogP contribution in [0, 0.1) is 0 Å². The van der Waals surface area contributed by atoms with E-state index in [1.165, 1.54) is 30.2 Å². The fraction of sp³-hybridized carbons (Fsp3) is 0.211. The Morgan fingerprint density at radius 3 is 2.52 bits per heavy atom. The number of nitrogens with one attached hydrogen (secondary N) is 2. The van der Waals surface area contributed by atoms with Crippen LogP contribution in [-0.2, 0) is 21.4 Å². The summed E-state index contributed by atoms with van der Waals surface area (Å²) in [7, 11) is -3.90. The number of carbonyl (C=O) groups is 1. The number of thioether (sulfide) groups is 1. The highest BCUT2D eigenvalue weighted by Crippen LogP contribution is 2.21. The minimum atomic E-state index is -3.90. The molecule has 0 aliphatic carbocycles. The zero-order valence-electron chi connectivity index (χ0n) is 16.2. The average Bonchev–Trinajstić information content (AvgIpc) is 3.26. The second-order valence-corrected chi connectivity index (χ2v) is 10.7. The first kappa shape index (κ1) is 23.7. The fourth-order valence-corrected chi connectivity index (χ4v) is 5.00. The van der Waals surface area contributed by atoms with Gasteiger partial charge >= 0.3 is 0 Å². The summed E-state index contributed by atoms with van der Waals surface area (Å²) in [5.74, 6) is 0.172. The van der Waals surface area contributed by atoms with E-state index in [-0.39, 0.29) is 18.0 Å². The SMILES string of the molecule is O=C(CN(Cc1ccc(Cl)cc1)S(=O)(=O)c1ccc(Br)cc1)NCCSc1ncn[nH]1. The maximum atomic E-state index is 13.2. The minimum absolute atomic E-state index is 0.0375. The quantitative estimate of drug-likeness (QED) is 0.299. The summed E-state index contributed by atoms with van der Waals surface area (Å²) in [5.41, 5.74) is 0.721. The summed E-state index contributed by atoms with van der Waals surface area (Å²) in [6.07, 6.45) is 1.41. The van der Waals surface area contributed by atoms with Gasteiger partial charge in [-0.05, 0) is 42.0 Å². The Hall–Kier alpha value is -1.92. The lowest BCUT2D eigenvalue weighted by Gasteiger charge is -2.22. The van der Waals surface area contributed by atoms with Crippen molar-refractivity contribution in [2.45, 2.75) is 16.6 Å². The molecule has 3 rings (SSSR count). The van der Waals surface area contributed by atoms with E-state index in [0.29, 0.717) is 22.5 Å². The number of carbonyl (C=O) groups excluding carboxylic acids is 1. The van der Waals surface area contributed by atoms with Crippen molar-refractivity contribution >= 4 is 55.2 Å². The first-order chi connectivity index (χ1) is 14.8. The molecule has 0 fully saturated rings. The Morgan fingerprint density at radius 1 is 1.16 bits per heavy atom. The number of rotatable bonds is 10. The highest BCUT2D eigenvalue weighted by molar-refractivity contribution is 9.10. The van der Waals surface area contributed by atoms with Gasteiger partial charge in [0.2, 0.25) is 15.9 Å². The molecular formula is C19H19BrClN5O3S2. The third-order valence-electron chi connectivity index (χ3n) is 4.10. The van der Waals surface area contributed by atoms with Crippen LogP contribution >= 0.6 is 39.3 Å². The van der Waals surface area contributed by atoms with Gasteiger partial charge < -0.3 is 5.32 Å². The van der Waals surface area contributed by atoms with Gasteiger partial charge in [-0.3, -0.25) is 9.89 Å². The fourth-order valence-electron chi connectivity index (χ4n) is 2.59. The van der Waals surface area contributed by atoms with E-state index in [0.717, 1.165) is 14.3 Å². The van der Waals surface area contributed by atoms with Crippen molar-refractivity contribution < 1.29 is 13.2 Å². The molecular weight excluding hydrogens is 526 g/mol. The van der Waals surface area contributed by atoms with Gasteiger partial charge in [-0.2, -0.15) is 9.40 Å². The molecule has 0 saturated carbocycles. The van der Waals surface area contributed by atoms with E-state index in [4.69, 9.17) is 11.6 Å². The molecule has 2 N–H and O–H groups in total. The highest BCUT2D eigenvalue weighted by Gasteiger charge is 2.27. The summed E-state index contributed by atoms with van der Waals surface area (Å²) in [5, 5.41) is 10.4. The van der Waals surface area contributed by atoms with E-state index in [1.807, 2.05) is 0 Å². The predicted octanol–water partition coefficient (Wildman–Crippen LogP) is 3.32. The van der Waals surface area contributed by atoms with Gasteiger partial charge in [-0.25, -0.2) is 13.4 Å². The van der Waals surface area contributed by atoms with Gasteiger partial charge in [0, 0.05) is 28.3 Å². The maximum absolute atomic E-state index is 13.2. The molecule has 3 aromatic rings. The lowest BCUT2D eigenvalue weighted by Crippen LogP contribution is -2.40. The predicted molar refractivity (Wildman–Crippen MR) is 123 cm³/mol. The monoisotopic (exact) mass is 543 g/mol. The lowest BCUT2D eigenvalue weighted by atomic mass is 10.2. The van der Waals surface area contributed by atoms with Crippen molar-refractivity contribution in [1.29, 1.82) is 0 Å². The number of benzene rings is 2. The van der Waals surface area contributed by atoms with Gasteiger partial charge in [0.1, 0.15) is 6.33 Å². The summed E-state index contributed by atoms with van der Waals surface area (Å²) in [6.45, 7) is 0.0844. The highest BCUT2D eigenvalue weighted by atomic mass is 79.9. The molecule has 0 radical (unpaired) electrons. The smallest absolute Gasteiger partial charge is 0.243 e. The molecule has 0 bridgehead atoms. The number of sulfonamides is 1. The van der Waals surface area contributed by atoms with Gasteiger partial charge in [-0.1, -0.05) is 51.4 Å². The average molecular weight is 545 g/mol. The van der Waals surface area contributed by atoms with Crippen molar-refractivity contribution in [3.05, 3.63) is 69.9 Å². The van der Waals surface area contributed by atoms with Gasteiger partial charge in [0.05, 0.1) is 11.4 Å². The topological polar surface area (TPSA) is 108 Å². The summed E-state index contributed by atoms with van der Waals surface area (Å²) in [4.78, 5) is 16.6. The molecule has 31 heavy (non-hydrogen) atoms. The van der Waals surface area contributed by atoms with Gasteiger partial charge in [0.15, 0.2) is 5.16 Å². The Balaban J connectivity index is 1.69. The molecule has 8 nitrogen and oxygen atoms in total. The van der Waals surface area contributed by atoms with Crippen LogP contribution in [0.4, 0.5) is 0 Å². The normalized spacial score (nSPS) is 11.6. The van der Waals surface area contributed by atoms with E-state index >= 15 is 0 Å². The van der Waals surface area contributed by atoms with Crippen molar-refractivity contribution in [3.8, 4) is 0 Å². The third kappa shape index (κ3) is 7.04. The van der Waals surface area contributed by atoms with Crippen LogP contribution in [0.3, 0.4) is 0 Å². The van der Waals surface area contributed by atoms with E-state index in [2.05, 4.69) is 36.4 Å². The van der Waals surface area contributed by atoms with E-state index in [9.17, 15) is 13.2 Å². The Bertz CT molecular complexity index is 1090. The second-order valence-electron chi connectivity index (χ2n) is 6.34. The lowest BCUT2D eigenvalue weighted by molar-refractivity contribution is -0.121. The number of H-pyrrole nitrogens is 1. The largest absolute Gasteiger partial charge is 0.354 e. The standard InChI is InChI=1S/C19H19BrClN5O3S2/c20-15-3-7-17(8-4-15)31(28,29)26(11-14-1-5-16(21)6-2-14)12-18(27)22-9-10-30-19-23-13-24-25-19/h1-8,13H,9-12H2,(H,22,27)(H,23,24,25). The Kier molecular flexibility index (Phi) is 8.50. The molecule has 1 amide bonds. The molecule has 0 spiro atoms. The third-order valence-corrected chi connectivity index (χ3v) is 7.56. The summed E-state index contributed by atoms with van der Waals surface area (Å²) >= 11 is 10.6. The Labute approximate surface area is 198 Å². The first-order valence-corrected chi connectivity index (χ1v) is 12.7. The van der Waals surface area contributed by atoms with Gasteiger partial charge in [0.25, 0.3) is 0 Å². The van der Waals surface area contributed by atoms with Crippen LogP contribution in [0.2, 0.25) is 5.02 Å². The number of hydrogen-bond acceptors (Lipinski definition) is 6.